The van der Waals surface area contributed by atoms with E-state index in [2.05, 4.69) is 13.8 Å². The Balaban J connectivity index is 3.89. The van der Waals surface area contributed by atoms with E-state index in [1.807, 2.05) is 6.92 Å². The number of aliphatic hydroxyl groups is 1. The van der Waals surface area contributed by atoms with E-state index in [9.17, 15) is 5.11 Å². The van der Waals surface area contributed by atoms with Crippen LogP contribution in [0, 0.1) is 5.92 Å². The van der Waals surface area contributed by atoms with Gasteiger partial charge in [-0.1, -0.05) is 39.5 Å². The van der Waals surface area contributed by atoms with Crippen LogP contribution in [0.15, 0.2) is 0 Å². The second-order valence-electron chi connectivity index (χ2n) is 4.23. The first-order chi connectivity index (χ1) is 6.55. The fourth-order valence-electron chi connectivity index (χ4n) is 1.85. The first-order valence-electron chi connectivity index (χ1n) is 5.92. The van der Waals surface area contributed by atoms with E-state index >= 15 is 0 Å². The quantitative estimate of drug-likeness (QED) is 0.612. The zero-order valence-electron chi connectivity index (χ0n) is 10.2. The van der Waals surface area contributed by atoms with Crippen molar-refractivity contribution in [3.8, 4) is 0 Å². The largest absolute Gasteiger partial charge is 0.366 e. The topological polar surface area (TPSA) is 29.5 Å². The van der Waals surface area contributed by atoms with Gasteiger partial charge in [-0.15, -0.1) is 0 Å². The molecule has 2 heteroatoms. The van der Waals surface area contributed by atoms with Crippen LogP contribution in [0.1, 0.15) is 59.8 Å². The minimum Gasteiger partial charge on any atom is -0.366 e. The van der Waals surface area contributed by atoms with Crippen molar-refractivity contribution in [3.05, 3.63) is 0 Å². The molecule has 0 aliphatic heterocycles. The third-order valence-electron chi connectivity index (χ3n) is 2.67. The summed E-state index contributed by atoms with van der Waals surface area (Å²) in [4.78, 5) is 0. The van der Waals surface area contributed by atoms with Crippen molar-refractivity contribution in [2.45, 2.75) is 65.6 Å². The minimum absolute atomic E-state index is 0.581. The molecule has 0 aromatic carbocycles. The average molecular weight is 202 g/mol. The van der Waals surface area contributed by atoms with Gasteiger partial charge in [-0.05, 0) is 19.8 Å². The zero-order valence-corrected chi connectivity index (χ0v) is 10.2. The summed E-state index contributed by atoms with van der Waals surface area (Å²) in [7, 11) is 0. The van der Waals surface area contributed by atoms with Gasteiger partial charge in [-0.25, -0.2) is 0 Å². The molecule has 0 bridgehead atoms. The second kappa shape index (κ2) is 7.24. The lowest BCUT2D eigenvalue weighted by molar-refractivity contribution is -0.198. The van der Waals surface area contributed by atoms with E-state index < -0.39 is 5.79 Å². The normalized spacial score (nSPS) is 17.8. The Labute approximate surface area is 88.7 Å². The van der Waals surface area contributed by atoms with Gasteiger partial charge in [-0.2, -0.15) is 0 Å². The van der Waals surface area contributed by atoms with Crippen LogP contribution in [-0.4, -0.2) is 17.5 Å². The highest BCUT2D eigenvalue weighted by Crippen LogP contribution is 2.24. The summed E-state index contributed by atoms with van der Waals surface area (Å²) in [5, 5.41) is 9.89. The summed E-state index contributed by atoms with van der Waals surface area (Å²) in [5.41, 5.74) is 0. The molecule has 0 saturated heterocycles. The maximum atomic E-state index is 9.89. The van der Waals surface area contributed by atoms with Gasteiger partial charge in [0, 0.05) is 13.0 Å². The Morgan fingerprint density at radius 2 is 1.93 bits per heavy atom. The van der Waals surface area contributed by atoms with E-state index in [4.69, 9.17) is 4.74 Å². The Morgan fingerprint density at radius 1 is 1.29 bits per heavy atom. The van der Waals surface area contributed by atoms with Crippen LogP contribution in [0.5, 0.6) is 0 Å². The van der Waals surface area contributed by atoms with Gasteiger partial charge in [0.05, 0.1) is 0 Å². The number of hydrogen-bond acceptors (Lipinski definition) is 2. The van der Waals surface area contributed by atoms with Crippen molar-refractivity contribution in [2.24, 2.45) is 5.92 Å². The Morgan fingerprint density at radius 3 is 2.36 bits per heavy atom. The monoisotopic (exact) mass is 202 g/mol. The van der Waals surface area contributed by atoms with E-state index in [1.165, 1.54) is 19.3 Å². The van der Waals surface area contributed by atoms with Crippen molar-refractivity contribution < 1.29 is 9.84 Å². The summed E-state index contributed by atoms with van der Waals surface area (Å²) >= 11 is 0. The van der Waals surface area contributed by atoms with E-state index in [-0.39, 0.29) is 0 Å². The Kier molecular flexibility index (Phi) is 7.20. The molecule has 0 amide bonds. The molecule has 2 nitrogen and oxygen atoms in total. The molecule has 2 unspecified atom stereocenters. The van der Waals surface area contributed by atoms with Gasteiger partial charge in [0.15, 0.2) is 5.79 Å². The predicted molar refractivity (Wildman–Crippen MR) is 60.2 cm³/mol. The van der Waals surface area contributed by atoms with Crippen LogP contribution in [0.4, 0.5) is 0 Å². The first-order valence-corrected chi connectivity index (χ1v) is 5.92. The summed E-state index contributed by atoms with van der Waals surface area (Å²) in [6.45, 7) is 8.65. The van der Waals surface area contributed by atoms with Gasteiger partial charge in [0.1, 0.15) is 0 Å². The molecular weight excluding hydrogens is 176 g/mol. The first kappa shape index (κ1) is 13.9. The summed E-state index contributed by atoms with van der Waals surface area (Å²) in [6.07, 6.45) is 5.57. The van der Waals surface area contributed by atoms with Gasteiger partial charge in [0.25, 0.3) is 0 Å². The molecule has 0 aromatic heterocycles. The van der Waals surface area contributed by atoms with Gasteiger partial charge < -0.3 is 9.84 Å². The van der Waals surface area contributed by atoms with Crippen LogP contribution in [0.25, 0.3) is 0 Å². The minimum atomic E-state index is -0.927. The lowest BCUT2D eigenvalue weighted by atomic mass is 9.92. The summed E-state index contributed by atoms with van der Waals surface area (Å²) in [6, 6.07) is 0. The van der Waals surface area contributed by atoms with Crippen molar-refractivity contribution in [1.29, 1.82) is 0 Å². The lowest BCUT2D eigenvalue weighted by Gasteiger charge is -2.27. The molecule has 0 rings (SSSR count). The second-order valence-corrected chi connectivity index (χ2v) is 4.23. The highest BCUT2D eigenvalue weighted by Gasteiger charge is 2.24. The highest BCUT2D eigenvalue weighted by atomic mass is 16.6. The number of ether oxygens (including phenoxy) is 1. The third kappa shape index (κ3) is 6.39. The standard InChI is InChI=1S/C12H26O2/c1-5-8-9-11(6-2)10-12(4,13)14-7-3/h11,13H,5-10H2,1-4H3. The smallest absolute Gasteiger partial charge is 0.162 e. The molecule has 14 heavy (non-hydrogen) atoms. The Hall–Kier alpha value is -0.0800. The molecule has 0 aliphatic carbocycles. The Bertz CT molecular complexity index is 132. The molecule has 0 aromatic rings. The molecule has 0 heterocycles. The molecule has 0 aliphatic rings. The molecular formula is C12H26O2. The van der Waals surface area contributed by atoms with Crippen LogP contribution in [-0.2, 0) is 4.74 Å². The van der Waals surface area contributed by atoms with Crippen molar-refractivity contribution in [3.63, 3.8) is 0 Å². The SMILES string of the molecule is CCCCC(CC)CC(C)(O)OCC. The average Bonchev–Trinajstić information content (AvgIpc) is 2.12. The predicted octanol–water partition coefficient (Wildman–Crippen LogP) is 3.34. The van der Waals surface area contributed by atoms with E-state index in [1.54, 1.807) is 6.92 Å². The molecule has 0 saturated carbocycles. The zero-order chi connectivity index (χ0) is 11.0. The van der Waals surface area contributed by atoms with Crippen LogP contribution in [0.2, 0.25) is 0 Å². The maximum Gasteiger partial charge on any atom is 0.162 e. The molecule has 0 fully saturated rings. The number of unbranched alkanes of at least 4 members (excludes halogenated alkanes) is 1. The molecule has 86 valence electrons. The van der Waals surface area contributed by atoms with Gasteiger partial charge >= 0.3 is 0 Å². The maximum absolute atomic E-state index is 9.89. The van der Waals surface area contributed by atoms with Crippen molar-refractivity contribution in [2.75, 3.05) is 6.61 Å². The van der Waals surface area contributed by atoms with Crippen LogP contribution >= 0.6 is 0 Å². The summed E-state index contributed by atoms with van der Waals surface area (Å²) < 4.78 is 5.30. The third-order valence-corrected chi connectivity index (χ3v) is 2.67. The fourth-order valence-corrected chi connectivity index (χ4v) is 1.85. The van der Waals surface area contributed by atoms with Crippen LogP contribution in [0.3, 0.4) is 0 Å². The lowest BCUT2D eigenvalue weighted by Crippen LogP contribution is -2.31. The highest BCUT2D eigenvalue weighted by molar-refractivity contribution is 4.67. The molecule has 2 atom stereocenters. The van der Waals surface area contributed by atoms with E-state index in [0.29, 0.717) is 12.5 Å². The van der Waals surface area contributed by atoms with Gasteiger partial charge in [-0.3, -0.25) is 0 Å². The number of hydrogen-bond donors (Lipinski definition) is 1. The van der Waals surface area contributed by atoms with E-state index in [0.717, 1.165) is 12.8 Å². The molecule has 1 N–H and O–H groups in total. The molecule has 0 spiro atoms. The van der Waals surface area contributed by atoms with Crippen molar-refractivity contribution in [1.82, 2.24) is 0 Å². The summed E-state index contributed by atoms with van der Waals surface area (Å²) in [5.74, 6) is -0.333. The van der Waals surface area contributed by atoms with Crippen molar-refractivity contribution >= 4 is 0 Å². The number of rotatable bonds is 8. The van der Waals surface area contributed by atoms with Gasteiger partial charge in [0.2, 0.25) is 0 Å². The fraction of sp³-hybridized carbons (Fsp3) is 1.00. The van der Waals surface area contributed by atoms with Crippen LogP contribution < -0.4 is 0 Å². The molecule has 0 radical (unpaired) electrons.